The fourth-order valence-electron chi connectivity index (χ4n) is 2.20. The minimum atomic E-state index is -3.54. The van der Waals surface area contributed by atoms with Crippen LogP contribution in [0.15, 0.2) is 23.1 Å². The SMILES string of the molecule is CCNS(=O)(=O)c1ccc(N)c(N2CCN(C)C(=O)C2)c1. The first-order valence-corrected chi connectivity index (χ1v) is 8.21. The summed E-state index contributed by atoms with van der Waals surface area (Å²) in [5.41, 5.74) is 6.98. The van der Waals surface area contributed by atoms with Gasteiger partial charge < -0.3 is 15.5 Å². The van der Waals surface area contributed by atoms with Crippen molar-refractivity contribution in [1.82, 2.24) is 9.62 Å². The molecule has 0 bridgehead atoms. The van der Waals surface area contributed by atoms with Gasteiger partial charge in [-0.3, -0.25) is 4.79 Å². The van der Waals surface area contributed by atoms with Crippen molar-refractivity contribution in [3.63, 3.8) is 0 Å². The molecule has 3 N–H and O–H groups in total. The molecular formula is C13H20N4O3S. The zero-order valence-electron chi connectivity index (χ0n) is 12.2. The molecule has 1 aliphatic rings. The summed E-state index contributed by atoms with van der Waals surface area (Å²) >= 11 is 0. The average Bonchev–Trinajstić information content (AvgIpc) is 2.42. The van der Waals surface area contributed by atoms with E-state index in [2.05, 4.69) is 4.72 Å². The molecule has 0 saturated carbocycles. The van der Waals surface area contributed by atoms with Crippen LogP contribution in [0.1, 0.15) is 6.92 Å². The number of benzene rings is 1. The highest BCUT2D eigenvalue weighted by atomic mass is 32.2. The van der Waals surface area contributed by atoms with E-state index in [0.29, 0.717) is 31.0 Å². The number of rotatable bonds is 4. The second kappa shape index (κ2) is 5.90. The maximum absolute atomic E-state index is 12.0. The molecule has 0 radical (unpaired) electrons. The second-order valence-corrected chi connectivity index (χ2v) is 6.73. The largest absolute Gasteiger partial charge is 0.397 e. The Bertz CT molecular complexity index is 645. The molecule has 8 heteroatoms. The van der Waals surface area contributed by atoms with Crippen molar-refractivity contribution in [1.29, 1.82) is 0 Å². The number of nitrogens with two attached hydrogens (primary N) is 1. The van der Waals surface area contributed by atoms with Gasteiger partial charge in [-0.15, -0.1) is 0 Å². The molecule has 1 heterocycles. The fraction of sp³-hybridized carbons (Fsp3) is 0.462. The van der Waals surface area contributed by atoms with Crippen molar-refractivity contribution >= 4 is 27.3 Å². The standard InChI is InChI=1S/C13H20N4O3S/c1-3-15-21(19,20)10-4-5-11(14)12(8-10)17-7-6-16(2)13(18)9-17/h4-5,8,15H,3,6-7,9,14H2,1-2H3. The third kappa shape index (κ3) is 3.27. The molecule has 21 heavy (non-hydrogen) atoms. The topological polar surface area (TPSA) is 95.7 Å². The highest BCUT2D eigenvalue weighted by Gasteiger charge is 2.24. The summed E-state index contributed by atoms with van der Waals surface area (Å²) in [6.07, 6.45) is 0. The van der Waals surface area contributed by atoms with Gasteiger partial charge in [0.05, 0.1) is 22.8 Å². The van der Waals surface area contributed by atoms with Gasteiger partial charge in [0.15, 0.2) is 0 Å². The number of hydrogen-bond donors (Lipinski definition) is 2. The third-order valence-corrected chi connectivity index (χ3v) is 4.99. The minimum absolute atomic E-state index is 0.0133. The van der Waals surface area contributed by atoms with Crippen LogP contribution in [0, 0.1) is 0 Å². The monoisotopic (exact) mass is 312 g/mol. The first-order chi connectivity index (χ1) is 9.85. The molecular weight excluding hydrogens is 292 g/mol. The molecule has 0 aromatic heterocycles. The van der Waals surface area contributed by atoms with Crippen LogP contribution < -0.4 is 15.4 Å². The molecule has 2 rings (SSSR count). The highest BCUT2D eigenvalue weighted by molar-refractivity contribution is 7.89. The van der Waals surface area contributed by atoms with E-state index in [4.69, 9.17) is 5.73 Å². The zero-order chi connectivity index (χ0) is 15.6. The number of likely N-dealkylation sites (N-methyl/N-ethyl adjacent to an activating group) is 1. The van der Waals surface area contributed by atoms with Crippen molar-refractivity contribution in [3.05, 3.63) is 18.2 Å². The fourth-order valence-corrected chi connectivity index (χ4v) is 3.26. The first-order valence-electron chi connectivity index (χ1n) is 6.73. The predicted octanol–water partition coefficient (Wildman–Crippen LogP) is -0.155. The van der Waals surface area contributed by atoms with E-state index in [0.717, 1.165) is 0 Å². The van der Waals surface area contributed by atoms with Gasteiger partial charge in [-0.1, -0.05) is 6.92 Å². The number of hydrogen-bond acceptors (Lipinski definition) is 5. The Balaban J connectivity index is 2.34. The number of carbonyl (C=O) groups excluding carboxylic acids is 1. The number of nitrogen functional groups attached to an aromatic ring is 1. The summed E-state index contributed by atoms with van der Waals surface area (Å²) in [6.45, 7) is 3.44. The van der Waals surface area contributed by atoms with Crippen LogP contribution >= 0.6 is 0 Å². The summed E-state index contributed by atoms with van der Waals surface area (Å²) in [5.74, 6) is -0.0133. The van der Waals surface area contributed by atoms with Crippen LogP contribution in [-0.2, 0) is 14.8 Å². The Hall–Kier alpha value is -1.80. The smallest absolute Gasteiger partial charge is 0.241 e. The van der Waals surface area contributed by atoms with Gasteiger partial charge in [-0.05, 0) is 18.2 Å². The lowest BCUT2D eigenvalue weighted by Crippen LogP contribution is -2.48. The van der Waals surface area contributed by atoms with Crippen molar-refractivity contribution in [2.75, 3.05) is 43.9 Å². The Morgan fingerprint density at radius 2 is 2.05 bits per heavy atom. The Morgan fingerprint density at radius 1 is 1.33 bits per heavy atom. The number of amides is 1. The van der Waals surface area contributed by atoms with Crippen molar-refractivity contribution in [3.8, 4) is 0 Å². The third-order valence-electron chi connectivity index (χ3n) is 3.44. The van der Waals surface area contributed by atoms with Crippen molar-refractivity contribution < 1.29 is 13.2 Å². The lowest BCUT2D eigenvalue weighted by atomic mass is 10.2. The van der Waals surface area contributed by atoms with E-state index in [1.54, 1.807) is 24.9 Å². The lowest BCUT2D eigenvalue weighted by Gasteiger charge is -2.34. The van der Waals surface area contributed by atoms with Crippen LogP contribution in [0.25, 0.3) is 0 Å². The molecule has 116 valence electrons. The number of piperazine rings is 1. The van der Waals surface area contributed by atoms with E-state index >= 15 is 0 Å². The van der Waals surface area contributed by atoms with Gasteiger partial charge in [0.2, 0.25) is 15.9 Å². The molecule has 0 aliphatic carbocycles. The predicted molar refractivity (Wildman–Crippen MR) is 81.6 cm³/mol. The van der Waals surface area contributed by atoms with Crippen LogP contribution in [0.5, 0.6) is 0 Å². The van der Waals surface area contributed by atoms with Crippen LogP contribution in [0.4, 0.5) is 11.4 Å². The average molecular weight is 312 g/mol. The van der Waals surface area contributed by atoms with Gasteiger partial charge in [-0.2, -0.15) is 0 Å². The van der Waals surface area contributed by atoms with Crippen LogP contribution in [-0.4, -0.2) is 52.5 Å². The molecule has 1 aromatic carbocycles. The first kappa shape index (κ1) is 15.6. The Morgan fingerprint density at radius 3 is 2.67 bits per heavy atom. The number of sulfonamides is 1. The lowest BCUT2D eigenvalue weighted by molar-refractivity contribution is -0.129. The highest BCUT2D eigenvalue weighted by Crippen LogP contribution is 2.27. The number of anilines is 2. The maximum atomic E-state index is 12.0. The molecule has 1 aliphatic heterocycles. The Labute approximate surface area is 124 Å². The van der Waals surface area contributed by atoms with E-state index in [9.17, 15) is 13.2 Å². The molecule has 0 atom stereocenters. The summed E-state index contributed by atoms with van der Waals surface area (Å²) in [5, 5.41) is 0. The van der Waals surface area contributed by atoms with Gasteiger partial charge in [-0.25, -0.2) is 13.1 Å². The van der Waals surface area contributed by atoms with Crippen LogP contribution in [0.3, 0.4) is 0 Å². The normalized spacial score (nSPS) is 16.4. The molecule has 1 aromatic rings. The van der Waals surface area contributed by atoms with E-state index in [-0.39, 0.29) is 17.3 Å². The summed E-state index contributed by atoms with van der Waals surface area (Å²) < 4.78 is 26.5. The van der Waals surface area contributed by atoms with Crippen molar-refractivity contribution in [2.24, 2.45) is 0 Å². The Kier molecular flexibility index (Phi) is 4.38. The number of nitrogens with zero attached hydrogens (tertiary/aromatic N) is 2. The molecule has 1 amide bonds. The zero-order valence-corrected chi connectivity index (χ0v) is 13.0. The number of carbonyl (C=O) groups is 1. The van der Waals surface area contributed by atoms with E-state index < -0.39 is 10.0 Å². The molecule has 0 unspecified atom stereocenters. The van der Waals surface area contributed by atoms with Gasteiger partial charge >= 0.3 is 0 Å². The maximum Gasteiger partial charge on any atom is 0.241 e. The van der Waals surface area contributed by atoms with Gasteiger partial charge in [0.25, 0.3) is 0 Å². The summed E-state index contributed by atoms with van der Waals surface area (Å²) in [6, 6.07) is 4.54. The minimum Gasteiger partial charge on any atom is -0.397 e. The summed E-state index contributed by atoms with van der Waals surface area (Å²) in [7, 11) is -1.80. The van der Waals surface area contributed by atoms with Crippen LogP contribution in [0.2, 0.25) is 0 Å². The van der Waals surface area contributed by atoms with Gasteiger partial charge in [0, 0.05) is 26.7 Å². The molecule has 1 fully saturated rings. The summed E-state index contributed by atoms with van der Waals surface area (Å²) in [4.78, 5) is 15.4. The molecule has 1 saturated heterocycles. The van der Waals surface area contributed by atoms with Gasteiger partial charge in [0.1, 0.15) is 0 Å². The molecule has 0 spiro atoms. The van der Waals surface area contributed by atoms with E-state index in [1.165, 1.54) is 12.1 Å². The number of nitrogens with one attached hydrogen (secondary N) is 1. The second-order valence-electron chi connectivity index (χ2n) is 4.96. The van der Waals surface area contributed by atoms with E-state index in [1.807, 2.05) is 4.90 Å². The quantitative estimate of drug-likeness (QED) is 0.754. The van der Waals surface area contributed by atoms with Crippen molar-refractivity contribution in [2.45, 2.75) is 11.8 Å². The molecule has 7 nitrogen and oxygen atoms in total.